The molecular formula is C11H16O4S. The van der Waals surface area contributed by atoms with E-state index >= 15 is 0 Å². The predicted molar refractivity (Wildman–Crippen MR) is 61.0 cm³/mol. The summed E-state index contributed by atoms with van der Waals surface area (Å²) in [5.41, 5.74) is 0.843. The van der Waals surface area contributed by atoms with Gasteiger partial charge < -0.3 is 10.2 Å². The molecule has 0 bridgehead atoms. The highest BCUT2D eigenvalue weighted by atomic mass is 32.2. The normalized spacial score (nSPS) is 13.7. The van der Waals surface area contributed by atoms with Crippen LogP contribution < -0.4 is 0 Å². The van der Waals surface area contributed by atoms with Crippen LogP contribution in [0.25, 0.3) is 0 Å². The van der Waals surface area contributed by atoms with Crippen molar-refractivity contribution in [3.8, 4) is 0 Å². The lowest BCUT2D eigenvalue weighted by Crippen LogP contribution is -2.12. The van der Waals surface area contributed by atoms with Crippen LogP contribution in [0.5, 0.6) is 0 Å². The van der Waals surface area contributed by atoms with Crippen LogP contribution in [0.15, 0.2) is 29.2 Å². The fraction of sp³-hybridized carbons (Fsp3) is 0.455. The Morgan fingerprint density at radius 2 is 2.06 bits per heavy atom. The smallest absolute Gasteiger partial charge is 0.175 e. The molecule has 5 heteroatoms. The maximum absolute atomic E-state index is 11.3. The molecule has 1 aromatic carbocycles. The Labute approximate surface area is 95.5 Å². The molecule has 0 radical (unpaired) electrons. The first-order chi connectivity index (χ1) is 7.43. The van der Waals surface area contributed by atoms with Crippen LogP contribution in [-0.4, -0.2) is 37.6 Å². The van der Waals surface area contributed by atoms with Gasteiger partial charge in [0.2, 0.25) is 0 Å². The van der Waals surface area contributed by atoms with Crippen molar-refractivity contribution in [2.75, 3.05) is 12.9 Å². The third-order valence-corrected chi connectivity index (χ3v) is 3.41. The quantitative estimate of drug-likeness (QED) is 0.785. The van der Waals surface area contributed by atoms with Crippen LogP contribution in [0.2, 0.25) is 0 Å². The molecule has 2 N–H and O–H groups in total. The van der Waals surface area contributed by atoms with Gasteiger partial charge in [0.05, 0.1) is 17.6 Å². The van der Waals surface area contributed by atoms with E-state index in [4.69, 9.17) is 5.11 Å². The second-order valence-electron chi connectivity index (χ2n) is 3.79. The minimum Gasteiger partial charge on any atom is -0.394 e. The van der Waals surface area contributed by atoms with E-state index < -0.39 is 15.9 Å². The van der Waals surface area contributed by atoms with Gasteiger partial charge in [-0.05, 0) is 30.5 Å². The van der Waals surface area contributed by atoms with Crippen molar-refractivity contribution in [1.82, 2.24) is 0 Å². The lowest BCUT2D eigenvalue weighted by Gasteiger charge is -2.07. The summed E-state index contributed by atoms with van der Waals surface area (Å²) in [7, 11) is -3.18. The molecule has 0 amide bonds. The largest absolute Gasteiger partial charge is 0.394 e. The minimum atomic E-state index is -3.18. The summed E-state index contributed by atoms with van der Waals surface area (Å²) in [5.74, 6) is 0. The van der Waals surface area contributed by atoms with Crippen LogP contribution in [0.4, 0.5) is 0 Å². The fourth-order valence-corrected chi connectivity index (χ4v) is 2.05. The molecule has 0 heterocycles. The Balaban J connectivity index is 2.76. The molecule has 16 heavy (non-hydrogen) atoms. The van der Waals surface area contributed by atoms with Crippen LogP contribution in [-0.2, 0) is 16.3 Å². The van der Waals surface area contributed by atoms with Crippen molar-refractivity contribution in [1.29, 1.82) is 0 Å². The first-order valence-corrected chi connectivity index (χ1v) is 6.90. The summed E-state index contributed by atoms with van der Waals surface area (Å²) in [6, 6.07) is 6.62. The van der Waals surface area contributed by atoms with Crippen LogP contribution in [0.1, 0.15) is 12.0 Å². The number of aliphatic hydroxyl groups excluding tert-OH is 2. The molecule has 4 nitrogen and oxygen atoms in total. The molecule has 0 spiro atoms. The molecule has 0 fully saturated rings. The van der Waals surface area contributed by atoms with Gasteiger partial charge in [-0.2, -0.15) is 0 Å². The number of aryl methyl sites for hydroxylation is 1. The van der Waals surface area contributed by atoms with Crippen molar-refractivity contribution in [2.24, 2.45) is 0 Å². The highest BCUT2D eigenvalue weighted by Gasteiger charge is 2.08. The standard InChI is InChI=1S/C11H16O4S/c1-16(14,15)11-4-2-3-9(7-11)5-6-10(13)8-12/h2-4,7,10,12-13H,5-6,8H2,1H3. The van der Waals surface area contributed by atoms with E-state index in [1.165, 1.54) is 0 Å². The maximum atomic E-state index is 11.3. The highest BCUT2D eigenvalue weighted by molar-refractivity contribution is 7.90. The third kappa shape index (κ3) is 3.92. The Morgan fingerprint density at radius 1 is 1.38 bits per heavy atom. The molecule has 0 saturated carbocycles. The Hall–Kier alpha value is -0.910. The zero-order valence-corrected chi connectivity index (χ0v) is 9.94. The SMILES string of the molecule is CS(=O)(=O)c1cccc(CCC(O)CO)c1. The van der Waals surface area contributed by atoms with Gasteiger partial charge in [0.25, 0.3) is 0 Å². The Morgan fingerprint density at radius 3 is 2.62 bits per heavy atom. The van der Waals surface area contributed by atoms with E-state index in [0.717, 1.165) is 11.8 Å². The van der Waals surface area contributed by atoms with Crippen LogP contribution >= 0.6 is 0 Å². The van der Waals surface area contributed by atoms with Crippen molar-refractivity contribution in [3.05, 3.63) is 29.8 Å². The summed E-state index contributed by atoms with van der Waals surface area (Å²) in [5, 5.41) is 17.8. The van der Waals surface area contributed by atoms with Gasteiger partial charge in [-0.25, -0.2) is 8.42 Å². The van der Waals surface area contributed by atoms with E-state index in [9.17, 15) is 13.5 Å². The van der Waals surface area contributed by atoms with E-state index in [0.29, 0.717) is 12.8 Å². The van der Waals surface area contributed by atoms with Gasteiger partial charge >= 0.3 is 0 Å². The topological polar surface area (TPSA) is 74.6 Å². The summed E-state index contributed by atoms with van der Waals surface area (Å²) in [6.07, 6.45) is 1.38. The molecular weight excluding hydrogens is 228 g/mol. The number of sulfone groups is 1. The summed E-state index contributed by atoms with van der Waals surface area (Å²) in [6.45, 7) is -0.272. The molecule has 0 aliphatic carbocycles. The maximum Gasteiger partial charge on any atom is 0.175 e. The van der Waals surface area contributed by atoms with Crippen molar-refractivity contribution < 1.29 is 18.6 Å². The van der Waals surface area contributed by atoms with Gasteiger partial charge in [0.1, 0.15) is 0 Å². The molecule has 0 saturated heterocycles. The van der Waals surface area contributed by atoms with Crippen molar-refractivity contribution in [2.45, 2.75) is 23.8 Å². The second kappa shape index (κ2) is 5.43. The lowest BCUT2D eigenvalue weighted by molar-refractivity contribution is 0.0886. The summed E-state index contributed by atoms with van der Waals surface area (Å²) in [4.78, 5) is 0.281. The zero-order chi connectivity index (χ0) is 12.2. The minimum absolute atomic E-state index is 0.272. The average molecular weight is 244 g/mol. The van der Waals surface area contributed by atoms with Gasteiger partial charge in [0, 0.05) is 6.26 Å². The van der Waals surface area contributed by atoms with Crippen molar-refractivity contribution in [3.63, 3.8) is 0 Å². The van der Waals surface area contributed by atoms with Crippen LogP contribution in [0, 0.1) is 0 Å². The molecule has 90 valence electrons. The van der Waals surface area contributed by atoms with E-state index in [1.54, 1.807) is 24.3 Å². The van der Waals surface area contributed by atoms with E-state index in [2.05, 4.69) is 0 Å². The number of hydrogen-bond acceptors (Lipinski definition) is 4. The molecule has 1 atom stereocenters. The lowest BCUT2D eigenvalue weighted by atomic mass is 10.1. The first-order valence-electron chi connectivity index (χ1n) is 5.01. The third-order valence-electron chi connectivity index (χ3n) is 2.30. The number of hydrogen-bond donors (Lipinski definition) is 2. The predicted octanol–water partition coefficient (Wildman–Crippen LogP) is 0.376. The van der Waals surface area contributed by atoms with Crippen molar-refractivity contribution >= 4 is 9.84 Å². The first kappa shape index (κ1) is 13.2. The molecule has 1 aromatic rings. The van der Waals surface area contributed by atoms with Gasteiger partial charge in [-0.15, -0.1) is 0 Å². The number of aliphatic hydroxyl groups is 2. The average Bonchev–Trinajstić information content (AvgIpc) is 2.25. The molecule has 0 aliphatic heterocycles. The Bertz CT molecular complexity index is 439. The zero-order valence-electron chi connectivity index (χ0n) is 9.13. The molecule has 0 aliphatic rings. The highest BCUT2D eigenvalue weighted by Crippen LogP contribution is 2.13. The summed E-state index contributed by atoms with van der Waals surface area (Å²) >= 11 is 0. The molecule has 1 rings (SSSR count). The number of rotatable bonds is 5. The second-order valence-corrected chi connectivity index (χ2v) is 5.81. The van der Waals surface area contributed by atoms with Gasteiger partial charge in [-0.1, -0.05) is 12.1 Å². The van der Waals surface area contributed by atoms with Crippen LogP contribution in [0.3, 0.4) is 0 Å². The van der Waals surface area contributed by atoms with E-state index in [1.807, 2.05) is 0 Å². The van der Waals surface area contributed by atoms with Gasteiger partial charge in [-0.3, -0.25) is 0 Å². The Kier molecular flexibility index (Phi) is 4.46. The summed E-state index contributed by atoms with van der Waals surface area (Å²) < 4.78 is 22.6. The monoisotopic (exact) mass is 244 g/mol. The number of benzene rings is 1. The molecule has 1 unspecified atom stereocenters. The molecule has 0 aromatic heterocycles. The van der Waals surface area contributed by atoms with E-state index in [-0.39, 0.29) is 11.5 Å². The van der Waals surface area contributed by atoms with Gasteiger partial charge in [0.15, 0.2) is 9.84 Å². The fourth-order valence-electron chi connectivity index (χ4n) is 1.36.